The molecule has 0 amide bonds. The van der Waals surface area contributed by atoms with Gasteiger partial charge in [0.15, 0.2) is 0 Å². The highest BCUT2D eigenvalue weighted by molar-refractivity contribution is 5.87. The van der Waals surface area contributed by atoms with Gasteiger partial charge in [-0.2, -0.15) is 0 Å². The molecule has 1 saturated carbocycles. The molecule has 1 N–H and O–H groups in total. The molecule has 0 aromatic heterocycles. The van der Waals surface area contributed by atoms with E-state index in [0.29, 0.717) is 5.78 Å². The molecule has 3 fully saturated rings. The minimum atomic E-state index is -0.0296. The van der Waals surface area contributed by atoms with Crippen molar-refractivity contribution in [2.45, 2.75) is 63.9 Å². The Morgan fingerprint density at radius 1 is 1.26 bits per heavy atom. The summed E-state index contributed by atoms with van der Waals surface area (Å²) in [7, 11) is 0. The number of piperidine rings is 1. The number of carbonyl (C=O) groups excluding carboxylic acids is 1. The van der Waals surface area contributed by atoms with E-state index in [1.165, 1.54) is 19.3 Å². The van der Waals surface area contributed by atoms with Crippen LogP contribution in [0.1, 0.15) is 58.3 Å². The summed E-state index contributed by atoms with van der Waals surface area (Å²) in [6, 6.07) is 0. The van der Waals surface area contributed by atoms with Gasteiger partial charge in [-0.05, 0) is 64.5 Å². The summed E-state index contributed by atoms with van der Waals surface area (Å²) in [5.41, 5.74) is 0.0681. The van der Waals surface area contributed by atoms with Crippen LogP contribution >= 0.6 is 0 Å². The molecule has 1 aliphatic carbocycles. The Balaban J connectivity index is 1.71. The fourth-order valence-electron chi connectivity index (χ4n) is 4.28. The van der Waals surface area contributed by atoms with Crippen LogP contribution in [-0.2, 0) is 9.53 Å². The number of ether oxygens (including phenoxy) is 1. The maximum absolute atomic E-state index is 13.1. The molecule has 1 atom stereocenters. The van der Waals surface area contributed by atoms with E-state index in [1.807, 2.05) is 0 Å². The van der Waals surface area contributed by atoms with E-state index < -0.39 is 0 Å². The van der Waals surface area contributed by atoms with E-state index in [1.54, 1.807) is 0 Å². The van der Waals surface area contributed by atoms with Gasteiger partial charge in [0.2, 0.25) is 0 Å². The topological polar surface area (TPSA) is 38.3 Å². The standard InChI is InChI=1S/C16H27NO2/c1-2-15(7-9-17-10-8-15)14(18)13-4-11-19-16(12-13)5-3-6-16/h13,17H,2-12H2,1H3. The first-order valence-corrected chi connectivity index (χ1v) is 8.09. The highest BCUT2D eigenvalue weighted by Gasteiger charge is 2.48. The van der Waals surface area contributed by atoms with E-state index >= 15 is 0 Å². The molecule has 0 radical (unpaired) electrons. The highest BCUT2D eigenvalue weighted by Crippen LogP contribution is 2.47. The van der Waals surface area contributed by atoms with Gasteiger partial charge in [0.1, 0.15) is 5.78 Å². The van der Waals surface area contributed by atoms with Crippen LogP contribution in [0.2, 0.25) is 0 Å². The molecule has 3 heteroatoms. The zero-order valence-corrected chi connectivity index (χ0v) is 12.2. The average molecular weight is 265 g/mol. The quantitative estimate of drug-likeness (QED) is 0.852. The molecule has 1 unspecified atom stereocenters. The smallest absolute Gasteiger partial charge is 0.142 e. The lowest BCUT2D eigenvalue weighted by molar-refractivity contribution is -0.162. The summed E-state index contributed by atoms with van der Waals surface area (Å²) in [4.78, 5) is 13.1. The van der Waals surface area contributed by atoms with Crippen LogP contribution < -0.4 is 5.32 Å². The zero-order chi connectivity index (χ0) is 13.3. The van der Waals surface area contributed by atoms with E-state index in [-0.39, 0.29) is 16.9 Å². The molecule has 2 heterocycles. The van der Waals surface area contributed by atoms with Crippen LogP contribution in [-0.4, -0.2) is 31.1 Å². The van der Waals surface area contributed by atoms with Gasteiger partial charge in [0.05, 0.1) is 5.60 Å². The van der Waals surface area contributed by atoms with Gasteiger partial charge in [0, 0.05) is 17.9 Å². The second-order valence-electron chi connectivity index (χ2n) is 6.82. The van der Waals surface area contributed by atoms with Crippen molar-refractivity contribution in [3.8, 4) is 0 Å². The van der Waals surface area contributed by atoms with Crippen molar-refractivity contribution in [1.82, 2.24) is 5.32 Å². The second-order valence-corrected chi connectivity index (χ2v) is 6.82. The predicted molar refractivity (Wildman–Crippen MR) is 75.1 cm³/mol. The van der Waals surface area contributed by atoms with E-state index in [2.05, 4.69) is 12.2 Å². The van der Waals surface area contributed by atoms with Gasteiger partial charge < -0.3 is 10.1 Å². The van der Waals surface area contributed by atoms with Crippen LogP contribution in [0, 0.1) is 11.3 Å². The Hall–Kier alpha value is -0.410. The largest absolute Gasteiger partial charge is 0.375 e. The van der Waals surface area contributed by atoms with Gasteiger partial charge in [-0.15, -0.1) is 0 Å². The predicted octanol–water partition coefficient (Wildman–Crippen LogP) is 2.68. The maximum Gasteiger partial charge on any atom is 0.142 e. The third-order valence-electron chi connectivity index (χ3n) is 5.89. The van der Waals surface area contributed by atoms with Gasteiger partial charge >= 0.3 is 0 Å². The van der Waals surface area contributed by atoms with E-state index in [0.717, 1.165) is 51.8 Å². The minimum absolute atomic E-state index is 0.0296. The molecule has 19 heavy (non-hydrogen) atoms. The first-order chi connectivity index (χ1) is 9.20. The van der Waals surface area contributed by atoms with Gasteiger partial charge in [-0.1, -0.05) is 6.92 Å². The van der Waals surface area contributed by atoms with Crippen molar-refractivity contribution in [3.63, 3.8) is 0 Å². The van der Waals surface area contributed by atoms with Gasteiger partial charge in [-0.3, -0.25) is 4.79 Å². The summed E-state index contributed by atoms with van der Waals surface area (Å²) in [6.07, 6.45) is 8.67. The van der Waals surface area contributed by atoms with Crippen molar-refractivity contribution in [1.29, 1.82) is 0 Å². The van der Waals surface area contributed by atoms with Crippen LogP contribution in [0.15, 0.2) is 0 Å². The molecule has 0 aromatic carbocycles. The lowest BCUT2D eigenvalue weighted by atomic mass is 9.64. The first-order valence-electron chi connectivity index (χ1n) is 8.09. The van der Waals surface area contributed by atoms with E-state index in [4.69, 9.17) is 4.74 Å². The van der Waals surface area contributed by atoms with Crippen LogP contribution in [0.3, 0.4) is 0 Å². The van der Waals surface area contributed by atoms with E-state index in [9.17, 15) is 4.79 Å². The summed E-state index contributed by atoms with van der Waals surface area (Å²) in [6.45, 7) is 5.01. The van der Waals surface area contributed by atoms with Crippen molar-refractivity contribution in [2.24, 2.45) is 11.3 Å². The Bertz CT molecular complexity index is 343. The normalized spacial score (nSPS) is 32.8. The third-order valence-corrected chi connectivity index (χ3v) is 5.89. The lowest BCUT2D eigenvalue weighted by Crippen LogP contribution is -2.51. The molecule has 3 aliphatic rings. The fraction of sp³-hybridized carbons (Fsp3) is 0.938. The van der Waals surface area contributed by atoms with Crippen LogP contribution in [0.5, 0.6) is 0 Å². The van der Waals surface area contributed by atoms with Crippen molar-refractivity contribution in [3.05, 3.63) is 0 Å². The average Bonchev–Trinajstić information content (AvgIpc) is 2.45. The number of hydrogen-bond acceptors (Lipinski definition) is 3. The number of carbonyl (C=O) groups is 1. The molecule has 0 bridgehead atoms. The summed E-state index contributed by atoms with van der Waals surface area (Å²) in [5, 5.41) is 3.39. The molecule has 1 spiro atoms. The minimum Gasteiger partial charge on any atom is -0.375 e. The Labute approximate surface area is 116 Å². The third kappa shape index (κ3) is 2.36. The maximum atomic E-state index is 13.1. The van der Waals surface area contributed by atoms with Gasteiger partial charge in [0.25, 0.3) is 0 Å². The number of hydrogen-bond donors (Lipinski definition) is 1. The monoisotopic (exact) mass is 265 g/mol. The second kappa shape index (κ2) is 5.17. The molecular formula is C16H27NO2. The van der Waals surface area contributed by atoms with Crippen molar-refractivity contribution < 1.29 is 9.53 Å². The molecular weight excluding hydrogens is 238 g/mol. The zero-order valence-electron chi connectivity index (χ0n) is 12.2. The number of Topliss-reactive ketones (excluding diaryl/α,β-unsaturated/α-hetero) is 1. The lowest BCUT2D eigenvalue weighted by Gasteiger charge is -2.48. The summed E-state index contributed by atoms with van der Waals surface area (Å²) < 4.78 is 5.97. The number of nitrogens with one attached hydrogen (secondary N) is 1. The van der Waals surface area contributed by atoms with Gasteiger partial charge in [-0.25, -0.2) is 0 Å². The molecule has 108 valence electrons. The van der Waals surface area contributed by atoms with Crippen molar-refractivity contribution in [2.75, 3.05) is 19.7 Å². The fourth-order valence-corrected chi connectivity index (χ4v) is 4.28. The number of rotatable bonds is 3. The molecule has 0 aromatic rings. The Morgan fingerprint density at radius 3 is 2.58 bits per heavy atom. The Kier molecular flexibility index (Phi) is 3.69. The molecule has 3 rings (SSSR count). The Morgan fingerprint density at radius 2 is 2.00 bits per heavy atom. The molecule has 2 saturated heterocycles. The SMILES string of the molecule is CCC1(C(=O)C2CCOC3(CCC3)C2)CCNCC1. The summed E-state index contributed by atoms with van der Waals surface area (Å²) >= 11 is 0. The molecule has 3 nitrogen and oxygen atoms in total. The van der Waals surface area contributed by atoms with Crippen LogP contribution in [0.4, 0.5) is 0 Å². The number of ketones is 1. The summed E-state index contributed by atoms with van der Waals surface area (Å²) in [5.74, 6) is 0.832. The molecule has 2 aliphatic heterocycles. The van der Waals surface area contributed by atoms with Crippen LogP contribution in [0.25, 0.3) is 0 Å². The highest BCUT2D eigenvalue weighted by atomic mass is 16.5. The van der Waals surface area contributed by atoms with Crippen molar-refractivity contribution >= 4 is 5.78 Å². The first kappa shape index (κ1) is 13.6.